The molecular weight excluding hydrogens is 282 g/mol. The van der Waals surface area contributed by atoms with Crippen molar-refractivity contribution in [3.05, 3.63) is 35.4 Å². The minimum absolute atomic E-state index is 0.431. The molecule has 1 aromatic rings. The number of carbonyl (C=O) groups is 2. The number of rotatable bonds is 7. The van der Waals surface area contributed by atoms with Gasteiger partial charge in [0.2, 0.25) is 6.04 Å². The van der Waals surface area contributed by atoms with Gasteiger partial charge in [-0.15, -0.1) is 0 Å². The molecule has 0 aliphatic rings. The van der Waals surface area contributed by atoms with Gasteiger partial charge in [-0.05, 0) is 37.3 Å². The van der Waals surface area contributed by atoms with E-state index in [1.165, 1.54) is 5.56 Å². The number of quaternary nitrogens is 1. The highest BCUT2D eigenvalue weighted by Crippen LogP contribution is 2.19. The maximum Gasteiger partial charge on any atom is 0.366 e. The van der Waals surface area contributed by atoms with Crippen molar-refractivity contribution in [3.63, 3.8) is 0 Å². The van der Waals surface area contributed by atoms with Gasteiger partial charge in [-0.1, -0.05) is 38.1 Å². The fourth-order valence-corrected chi connectivity index (χ4v) is 2.12. The fraction of sp³-hybridized carbons (Fsp3) is 0.529. The van der Waals surface area contributed by atoms with Crippen LogP contribution in [0, 0.1) is 5.92 Å². The normalized spacial score (nSPS) is 15.2. The Bertz CT molecular complexity index is 510. The first-order valence-electron chi connectivity index (χ1n) is 7.57. The molecule has 5 nitrogen and oxygen atoms in total. The zero-order valence-corrected chi connectivity index (χ0v) is 13.7. The summed E-state index contributed by atoms with van der Waals surface area (Å²) in [5.74, 6) is -1.36. The molecule has 3 atom stereocenters. The minimum atomic E-state index is -1.08. The van der Waals surface area contributed by atoms with Gasteiger partial charge in [0, 0.05) is 0 Å². The molecule has 0 aliphatic heterocycles. The lowest BCUT2D eigenvalue weighted by molar-refractivity contribution is -0.423. The van der Waals surface area contributed by atoms with Crippen LogP contribution in [0.15, 0.2) is 24.3 Å². The second-order valence-electron chi connectivity index (χ2n) is 6.15. The van der Waals surface area contributed by atoms with E-state index in [2.05, 4.69) is 19.6 Å². The third kappa shape index (κ3) is 5.15. The molecule has 0 aliphatic carbocycles. The molecule has 0 saturated carbocycles. The molecule has 1 aromatic carbocycles. The van der Waals surface area contributed by atoms with E-state index in [4.69, 9.17) is 9.84 Å². The molecule has 4 N–H and O–H groups in total. The highest BCUT2D eigenvalue weighted by molar-refractivity contribution is 5.79. The van der Waals surface area contributed by atoms with Crippen molar-refractivity contribution in [1.82, 2.24) is 0 Å². The SMILES string of the molecule is CC(C)Cc1ccc([C@@H](C)C(=O)O[C@H](C)[C@H]([NH3+])C(=O)O)cc1. The number of carboxylic acids is 1. The number of carbonyl (C=O) groups excluding carboxylic acids is 1. The average molecular weight is 308 g/mol. The molecule has 0 amide bonds. The Balaban J connectivity index is 2.68. The van der Waals surface area contributed by atoms with E-state index < -0.39 is 30.0 Å². The molecule has 0 unspecified atom stereocenters. The predicted molar refractivity (Wildman–Crippen MR) is 83.3 cm³/mol. The largest absolute Gasteiger partial charge is 0.477 e. The molecule has 0 saturated heterocycles. The van der Waals surface area contributed by atoms with Crippen LogP contribution in [0.3, 0.4) is 0 Å². The first-order chi connectivity index (χ1) is 10.2. The summed E-state index contributed by atoms with van der Waals surface area (Å²) >= 11 is 0. The first kappa shape index (κ1) is 18.2. The van der Waals surface area contributed by atoms with Crippen LogP contribution in [0.2, 0.25) is 0 Å². The average Bonchev–Trinajstić information content (AvgIpc) is 2.45. The second-order valence-corrected chi connectivity index (χ2v) is 6.15. The Hall–Kier alpha value is -1.88. The lowest BCUT2D eigenvalue weighted by Crippen LogP contribution is -2.70. The van der Waals surface area contributed by atoms with Crippen LogP contribution in [-0.2, 0) is 20.7 Å². The molecule has 22 heavy (non-hydrogen) atoms. The van der Waals surface area contributed by atoms with Crippen LogP contribution in [0.5, 0.6) is 0 Å². The summed E-state index contributed by atoms with van der Waals surface area (Å²) in [4.78, 5) is 22.9. The maximum atomic E-state index is 12.1. The van der Waals surface area contributed by atoms with E-state index in [-0.39, 0.29) is 0 Å². The van der Waals surface area contributed by atoms with Crippen LogP contribution in [0.25, 0.3) is 0 Å². The van der Waals surface area contributed by atoms with Crippen molar-refractivity contribution < 1.29 is 25.2 Å². The van der Waals surface area contributed by atoms with E-state index in [0.717, 1.165) is 12.0 Å². The lowest BCUT2D eigenvalue weighted by Gasteiger charge is -2.18. The predicted octanol–water partition coefficient (Wildman–Crippen LogP) is 1.62. The van der Waals surface area contributed by atoms with Gasteiger partial charge >= 0.3 is 11.9 Å². The van der Waals surface area contributed by atoms with E-state index in [1.54, 1.807) is 13.8 Å². The monoisotopic (exact) mass is 308 g/mol. The zero-order chi connectivity index (χ0) is 16.9. The Labute approximate surface area is 131 Å². The van der Waals surface area contributed by atoms with Gasteiger partial charge in [0.25, 0.3) is 0 Å². The van der Waals surface area contributed by atoms with Gasteiger partial charge in [0.15, 0.2) is 6.10 Å². The zero-order valence-electron chi connectivity index (χ0n) is 13.7. The summed E-state index contributed by atoms with van der Waals surface area (Å²) in [6.45, 7) is 7.62. The van der Waals surface area contributed by atoms with Gasteiger partial charge in [-0.2, -0.15) is 0 Å². The molecular formula is C17H26NO4+. The van der Waals surface area contributed by atoms with Gasteiger partial charge < -0.3 is 15.6 Å². The Morgan fingerprint density at radius 3 is 2.14 bits per heavy atom. The number of hydrogen-bond donors (Lipinski definition) is 2. The van der Waals surface area contributed by atoms with Crippen molar-refractivity contribution in [1.29, 1.82) is 0 Å². The van der Waals surface area contributed by atoms with Crippen LogP contribution >= 0.6 is 0 Å². The Kier molecular flexibility index (Phi) is 6.56. The van der Waals surface area contributed by atoms with Crippen molar-refractivity contribution in [2.45, 2.75) is 52.2 Å². The highest BCUT2D eigenvalue weighted by atomic mass is 16.5. The molecule has 0 fully saturated rings. The van der Waals surface area contributed by atoms with Gasteiger partial charge in [0.1, 0.15) is 0 Å². The first-order valence-corrected chi connectivity index (χ1v) is 7.57. The van der Waals surface area contributed by atoms with E-state index in [1.807, 2.05) is 24.3 Å². The number of benzene rings is 1. The Morgan fingerprint density at radius 1 is 1.14 bits per heavy atom. The lowest BCUT2D eigenvalue weighted by atomic mass is 9.97. The van der Waals surface area contributed by atoms with E-state index >= 15 is 0 Å². The second kappa shape index (κ2) is 7.94. The van der Waals surface area contributed by atoms with E-state index in [9.17, 15) is 9.59 Å². The molecule has 1 rings (SSSR count). The third-order valence-corrected chi connectivity index (χ3v) is 3.66. The quantitative estimate of drug-likeness (QED) is 0.749. The summed E-state index contributed by atoms with van der Waals surface area (Å²) < 4.78 is 5.20. The van der Waals surface area contributed by atoms with Gasteiger partial charge in [-0.25, -0.2) is 4.79 Å². The number of esters is 1. The van der Waals surface area contributed by atoms with Crippen LogP contribution in [0.1, 0.15) is 44.7 Å². The van der Waals surface area contributed by atoms with Crippen LogP contribution < -0.4 is 5.73 Å². The summed E-state index contributed by atoms with van der Waals surface area (Å²) in [5.41, 5.74) is 5.58. The molecule has 0 heterocycles. The van der Waals surface area contributed by atoms with E-state index in [0.29, 0.717) is 5.92 Å². The van der Waals surface area contributed by atoms with Crippen molar-refractivity contribution in [3.8, 4) is 0 Å². The number of aliphatic carboxylic acids is 1. The molecule has 122 valence electrons. The number of carboxylic acid groups (broad SMARTS) is 1. The minimum Gasteiger partial charge on any atom is -0.477 e. The highest BCUT2D eigenvalue weighted by Gasteiger charge is 2.29. The summed E-state index contributed by atoms with van der Waals surface area (Å²) in [6.07, 6.45) is 0.241. The molecule has 0 spiro atoms. The maximum absolute atomic E-state index is 12.1. The molecule has 0 radical (unpaired) electrons. The summed E-state index contributed by atoms with van der Waals surface area (Å²) in [6, 6.07) is 6.92. The van der Waals surface area contributed by atoms with Gasteiger partial charge in [-0.3, -0.25) is 4.79 Å². The standard InChI is InChI=1S/C17H25NO4/c1-10(2)9-13-5-7-14(8-6-13)11(3)17(21)22-12(4)15(18)16(19)20/h5-8,10-12,15H,9,18H2,1-4H3,(H,19,20)/p+1/t11-,12-,15+/m1/s1. The molecule has 5 heteroatoms. The molecule has 0 aromatic heterocycles. The van der Waals surface area contributed by atoms with Crippen molar-refractivity contribution in [2.75, 3.05) is 0 Å². The summed E-state index contributed by atoms with van der Waals surface area (Å²) in [5, 5.41) is 8.87. The third-order valence-electron chi connectivity index (χ3n) is 3.66. The van der Waals surface area contributed by atoms with Crippen molar-refractivity contribution >= 4 is 11.9 Å². The van der Waals surface area contributed by atoms with Crippen LogP contribution in [0.4, 0.5) is 0 Å². The smallest absolute Gasteiger partial charge is 0.366 e. The number of ether oxygens (including phenoxy) is 1. The van der Waals surface area contributed by atoms with Gasteiger partial charge in [0.05, 0.1) is 5.92 Å². The molecule has 0 bridgehead atoms. The topological polar surface area (TPSA) is 91.2 Å². The van der Waals surface area contributed by atoms with Crippen molar-refractivity contribution in [2.24, 2.45) is 5.92 Å². The fourth-order valence-electron chi connectivity index (χ4n) is 2.12. The summed E-state index contributed by atoms with van der Waals surface area (Å²) in [7, 11) is 0. The number of hydrogen-bond acceptors (Lipinski definition) is 3. The van der Waals surface area contributed by atoms with Crippen LogP contribution in [-0.4, -0.2) is 29.2 Å². The Morgan fingerprint density at radius 2 is 1.68 bits per heavy atom.